The molecule has 25 heteroatoms. The Balaban J connectivity index is 3.02. The quantitative estimate of drug-likeness (QED) is 0.0990. The van der Waals surface area contributed by atoms with Crippen molar-refractivity contribution in [3.8, 4) is 0 Å². The molecule has 536 valence electrons. The normalized spacial score (nSPS) is 25.1. The lowest BCUT2D eigenvalue weighted by molar-refractivity contribution is -0.157. The maximum absolute atomic E-state index is 15.4. The molecule has 0 aromatic heterocycles. The molecule has 0 unspecified atom stereocenters. The van der Waals surface area contributed by atoms with Gasteiger partial charge in [0.15, 0.2) is 0 Å². The lowest BCUT2D eigenvalue weighted by atomic mass is 9.89. The highest BCUT2D eigenvalue weighted by Crippen LogP contribution is 2.27. The average molecular weight is 1340 g/mol. The predicted octanol–water partition coefficient (Wildman–Crippen LogP) is 4.63. The highest BCUT2D eigenvalue weighted by Gasteiger charge is 2.46. The Hall–Kier alpha value is -7.44. The van der Waals surface area contributed by atoms with Crippen molar-refractivity contribution in [2.75, 3.05) is 56.4 Å². The number of esters is 1. The van der Waals surface area contributed by atoms with Crippen LogP contribution >= 0.6 is 0 Å². The summed E-state index contributed by atoms with van der Waals surface area (Å²) in [5, 5.41) is 23.5. The van der Waals surface area contributed by atoms with E-state index < -0.39 is 155 Å². The van der Waals surface area contributed by atoms with Gasteiger partial charge in [0.1, 0.15) is 66.1 Å². The first-order valence-corrected chi connectivity index (χ1v) is 33.6. The Bertz CT molecular complexity index is 2860. The van der Waals surface area contributed by atoms with Crippen LogP contribution in [0.15, 0.2) is 36.5 Å². The van der Waals surface area contributed by atoms with Gasteiger partial charge >= 0.3 is 5.97 Å². The summed E-state index contributed by atoms with van der Waals surface area (Å²) in [5.41, 5.74) is 0.777. The number of nitrogens with zero attached hydrogens (tertiary/aromatic N) is 7. The first kappa shape index (κ1) is 83.6. The Morgan fingerprint density at radius 1 is 0.526 bits per heavy atom. The molecule has 1 aliphatic rings. The van der Waals surface area contributed by atoms with Gasteiger partial charge < -0.3 is 65.4 Å². The topological polar surface area (TPSA) is 305 Å². The molecule has 0 aliphatic carbocycles. The molecule has 1 aromatic carbocycles. The second-order valence-electron chi connectivity index (χ2n) is 28.4. The summed E-state index contributed by atoms with van der Waals surface area (Å²) in [6.07, 6.45) is 0.0246. The van der Waals surface area contributed by atoms with Crippen LogP contribution in [-0.4, -0.2) is 233 Å². The molecule has 12 atom stereocenters. The molecule has 95 heavy (non-hydrogen) atoms. The number of aliphatic hydroxyl groups excluding tert-OH is 1. The number of nitrogens with one attached hydrogen (secondary N) is 4. The summed E-state index contributed by atoms with van der Waals surface area (Å²) in [6, 6.07) is -6.03. The van der Waals surface area contributed by atoms with E-state index in [0.717, 1.165) is 20.3 Å². The number of benzene rings is 1. The number of carbonyl (C=O) groups is 12. The second kappa shape index (κ2) is 37.7. The minimum absolute atomic E-state index is 0.0611. The van der Waals surface area contributed by atoms with Crippen LogP contribution in [0.2, 0.25) is 0 Å². The smallest absolute Gasteiger partial charge is 0.337 e. The summed E-state index contributed by atoms with van der Waals surface area (Å²) < 4.78 is 4.91. The number of hydrogen-bond acceptors (Lipinski definition) is 14. The van der Waals surface area contributed by atoms with Crippen LogP contribution in [0.4, 0.5) is 0 Å². The molecule has 1 heterocycles. The summed E-state index contributed by atoms with van der Waals surface area (Å²) in [7, 11) is 11.0. The predicted molar refractivity (Wildman–Crippen MR) is 364 cm³/mol. The van der Waals surface area contributed by atoms with Crippen LogP contribution < -0.4 is 21.3 Å². The number of likely N-dealkylation sites (N-methyl/N-ethyl adjacent to an activating group) is 7. The van der Waals surface area contributed by atoms with Crippen molar-refractivity contribution < 1.29 is 67.4 Å². The molecule has 0 bridgehead atoms. The lowest BCUT2D eigenvalue weighted by Gasteiger charge is -2.41. The zero-order chi connectivity index (χ0) is 73.1. The van der Waals surface area contributed by atoms with E-state index in [0.29, 0.717) is 24.8 Å². The van der Waals surface area contributed by atoms with E-state index in [1.165, 1.54) is 89.9 Å². The number of amides is 11. The largest absolute Gasteiger partial charge is 0.465 e. The zero-order valence-corrected chi connectivity index (χ0v) is 61.5. The molecule has 1 aromatic rings. The Labute approximate surface area is 565 Å². The number of carbonyl (C=O) groups excluding carboxylic acids is 12. The number of ether oxygens (including phenoxy) is 1. The Morgan fingerprint density at radius 2 is 0.979 bits per heavy atom. The maximum atomic E-state index is 15.4. The maximum Gasteiger partial charge on any atom is 0.337 e. The molecule has 0 spiro atoms. The molecule has 11 amide bonds. The van der Waals surface area contributed by atoms with Gasteiger partial charge in [-0.05, 0) is 124 Å². The molecule has 2 rings (SSSR count). The summed E-state index contributed by atoms with van der Waals surface area (Å²) in [4.78, 5) is 183. The fraction of sp³-hybridized carbons (Fsp3) is 0.714. The van der Waals surface area contributed by atoms with Gasteiger partial charge in [-0.1, -0.05) is 116 Å². The minimum Gasteiger partial charge on any atom is -0.465 e. The van der Waals surface area contributed by atoms with Crippen molar-refractivity contribution in [2.24, 2.45) is 41.4 Å². The van der Waals surface area contributed by atoms with Crippen LogP contribution in [-0.2, 0) is 63.9 Å². The SMILES string of the molecule is C=C1C(=O)N(C)[C@@H](CC(C)C)C(=O)N[C@@H](C(C)C)C(=O)N(C)[C@@H](CC(C)C)C(=O)N[C@@H](C)C(=O)N[C@H](C)C(=O)N(C)[C@@H](CC(C)C)C(=O)N(C)[C@@H](CC(C)C)C(=O)N(C)[C@@H](C(C)C)C(=O)N(C)[C@@H]([C@H](O)[C@H](C)CCCc2cccc(C(=O)OC)c2)C(=O)N[C@@H](CC)C(=O)N1C. The van der Waals surface area contributed by atoms with Gasteiger partial charge in [0, 0.05) is 49.3 Å². The average Bonchev–Trinajstić information content (AvgIpc) is 0.810. The fourth-order valence-corrected chi connectivity index (χ4v) is 12.0. The molecule has 1 aliphatic heterocycles. The fourth-order valence-electron chi connectivity index (χ4n) is 12.0. The van der Waals surface area contributed by atoms with Crippen molar-refractivity contribution >= 4 is 70.9 Å². The van der Waals surface area contributed by atoms with Gasteiger partial charge in [-0.2, -0.15) is 0 Å². The second-order valence-corrected chi connectivity index (χ2v) is 28.4. The summed E-state index contributed by atoms with van der Waals surface area (Å²) >= 11 is 0. The molecule has 0 radical (unpaired) electrons. The van der Waals surface area contributed by atoms with Gasteiger partial charge in [0.05, 0.1) is 18.8 Å². The highest BCUT2D eigenvalue weighted by molar-refractivity contribution is 6.02. The van der Waals surface area contributed by atoms with Gasteiger partial charge in [0.2, 0.25) is 59.1 Å². The number of rotatable bonds is 18. The molecule has 25 nitrogen and oxygen atoms in total. The van der Waals surface area contributed by atoms with Crippen molar-refractivity contribution in [3.63, 3.8) is 0 Å². The number of hydrogen-bond donors (Lipinski definition) is 5. The van der Waals surface area contributed by atoms with E-state index >= 15 is 19.2 Å². The molecular formula is C70H117N11O14. The van der Waals surface area contributed by atoms with E-state index in [4.69, 9.17) is 4.74 Å². The number of methoxy groups -OCH3 is 1. The van der Waals surface area contributed by atoms with E-state index in [2.05, 4.69) is 27.8 Å². The third-order valence-electron chi connectivity index (χ3n) is 18.0. The van der Waals surface area contributed by atoms with Crippen molar-refractivity contribution in [2.45, 2.75) is 229 Å². The standard InChI is InChI=1S/C70H117N11O14/c1-26-50-65(89)75(18)47(17)64(88)76(19)52(34-39(4)5)61(85)74-55(42(10)11)68(92)77(20)51(33-38(2)3)60(84)71-45(15)59(83)72-46(16)63(87)78(21)53(35-40(6)7)66(90)79(22)54(36-41(8)9)67(91)80(23)56(43(12)13)69(93)81(24)57(62(86)73-50)58(82)44(14)29-27-30-48-31-28-32-49(37-48)70(94)95-25/h28,31-32,37-46,50-58,82H,17,26-27,29-30,33-36H2,1-16,18-25H3,(H,71,84)(H,72,83)(H,73,86)(H,74,85)/t44-,45+,46-,50+,51+,52+,53+,54+,55+,56+,57+,58-/m1/s1. The summed E-state index contributed by atoms with van der Waals surface area (Å²) in [5.74, 6) is -11.2. The van der Waals surface area contributed by atoms with Crippen LogP contribution in [0.3, 0.4) is 0 Å². The minimum atomic E-state index is -1.71. The monoisotopic (exact) mass is 1340 g/mol. The van der Waals surface area contributed by atoms with Crippen molar-refractivity contribution in [3.05, 3.63) is 47.7 Å². The van der Waals surface area contributed by atoms with Crippen molar-refractivity contribution in [1.82, 2.24) is 55.6 Å². The number of aryl methyl sites for hydroxylation is 1. The van der Waals surface area contributed by atoms with Gasteiger partial charge in [-0.25, -0.2) is 4.79 Å². The highest BCUT2D eigenvalue weighted by atomic mass is 16.5. The molecule has 0 saturated carbocycles. The lowest BCUT2D eigenvalue weighted by Crippen LogP contribution is -2.63. The van der Waals surface area contributed by atoms with E-state index in [9.17, 15) is 43.5 Å². The molecular weight excluding hydrogens is 1220 g/mol. The third kappa shape index (κ3) is 22.9. The van der Waals surface area contributed by atoms with Crippen LogP contribution in [0, 0.1) is 41.4 Å². The summed E-state index contributed by atoms with van der Waals surface area (Å²) in [6.45, 7) is 31.8. The molecule has 1 saturated heterocycles. The van der Waals surface area contributed by atoms with E-state index in [1.807, 2.05) is 61.5 Å². The molecule has 1 fully saturated rings. The van der Waals surface area contributed by atoms with Crippen LogP contribution in [0.1, 0.15) is 172 Å². The molecule has 5 N–H and O–H groups in total. The number of aliphatic hydroxyl groups is 1. The van der Waals surface area contributed by atoms with Gasteiger partial charge in [0.25, 0.3) is 5.91 Å². The van der Waals surface area contributed by atoms with Crippen LogP contribution in [0.5, 0.6) is 0 Å². The van der Waals surface area contributed by atoms with E-state index in [1.54, 1.807) is 59.7 Å². The first-order chi connectivity index (χ1) is 44.0. The third-order valence-corrected chi connectivity index (χ3v) is 18.0. The zero-order valence-electron chi connectivity index (χ0n) is 61.5. The van der Waals surface area contributed by atoms with Crippen LogP contribution in [0.25, 0.3) is 0 Å². The first-order valence-electron chi connectivity index (χ1n) is 33.6. The van der Waals surface area contributed by atoms with E-state index in [-0.39, 0.29) is 61.5 Å². The Morgan fingerprint density at radius 3 is 1.46 bits per heavy atom. The van der Waals surface area contributed by atoms with Crippen molar-refractivity contribution in [1.29, 1.82) is 0 Å². The van der Waals surface area contributed by atoms with Gasteiger partial charge in [-0.15, -0.1) is 0 Å². The Kier molecular flexibility index (Phi) is 33.2. The van der Waals surface area contributed by atoms with Gasteiger partial charge in [-0.3, -0.25) is 52.7 Å².